The fraction of sp³-hybridized carbons (Fsp3) is 0.529. The van der Waals surface area contributed by atoms with Crippen LogP contribution in [-0.4, -0.2) is 31.5 Å². The highest BCUT2D eigenvalue weighted by atomic mass is 16.5. The first-order valence-electron chi connectivity index (χ1n) is 7.32. The number of Topliss-reactive ketones (excluding diaryl/α,β-unsaturated/α-hetero) is 1. The third kappa shape index (κ3) is 5.15. The number of ketones is 1. The maximum absolute atomic E-state index is 12.0. The van der Waals surface area contributed by atoms with Gasteiger partial charge in [0, 0.05) is 12.8 Å². The van der Waals surface area contributed by atoms with Crippen molar-refractivity contribution in [2.24, 2.45) is 5.73 Å². The molecule has 0 radical (unpaired) electrons. The predicted molar refractivity (Wildman–Crippen MR) is 84.9 cm³/mol. The van der Waals surface area contributed by atoms with E-state index in [-0.39, 0.29) is 5.78 Å². The lowest BCUT2D eigenvalue weighted by Gasteiger charge is -2.20. The van der Waals surface area contributed by atoms with Gasteiger partial charge in [-0.2, -0.15) is 0 Å². The summed E-state index contributed by atoms with van der Waals surface area (Å²) in [4.78, 5) is 23.5. The number of carbonyl (C=O) groups excluding carboxylic acids is 2. The second kappa shape index (κ2) is 7.94. The first-order chi connectivity index (χ1) is 10.3. The number of benzene rings is 1. The Morgan fingerprint density at radius 2 is 1.95 bits per heavy atom. The van der Waals surface area contributed by atoms with Crippen molar-refractivity contribution in [1.82, 2.24) is 0 Å². The molecule has 5 nitrogen and oxygen atoms in total. The zero-order valence-corrected chi connectivity index (χ0v) is 13.8. The molecule has 0 aliphatic carbocycles. The molecule has 0 bridgehead atoms. The van der Waals surface area contributed by atoms with Crippen LogP contribution in [0, 0.1) is 6.92 Å². The molecule has 2 N–H and O–H groups in total. The van der Waals surface area contributed by atoms with Crippen LogP contribution in [0.3, 0.4) is 0 Å². The lowest BCUT2D eigenvalue weighted by atomic mass is 9.94. The molecule has 0 saturated carbocycles. The minimum absolute atomic E-state index is 0.130. The van der Waals surface area contributed by atoms with Crippen molar-refractivity contribution in [3.05, 3.63) is 29.3 Å². The molecule has 122 valence electrons. The van der Waals surface area contributed by atoms with Gasteiger partial charge in [0.2, 0.25) is 0 Å². The summed E-state index contributed by atoms with van der Waals surface area (Å²) in [5, 5.41) is 0. The SMILES string of the molecule is COC(=O)C(C)(N)CCCC(=O)Cc1ccc(OC)c(C)c1. The molecule has 1 aromatic rings. The van der Waals surface area contributed by atoms with Crippen LogP contribution in [-0.2, 0) is 20.7 Å². The summed E-state index contributed by atoms with van der Waals surface area (Å²) in [5.74, 6) is 0.490. The molecule has 1 unspecified atom stereocenters. The lowest BCUT2D eigenvalue weighted by molar-refractivity contribution is -0.146. The van der Waals surface area contributed by atoms with E-state index < -0.39 is 11.5 Å². The summed E-state index contributed by atoms with van der Waals surface area (Å²) in [5.41, 5.74) is 6.80. The summed E-state index contributed by atoms with van der Waals surface area (Å²) >= 11 is 0. The second-order valence-electron chi connectivity index (χ2n) is 5.78. The van der Waals surface area contributed by atoms with Gasteiger partial charge in [0.25, 0.3) is 0 Å². The van der Waals surface area contributed by atoms with E-state index in [0.717, 1.165) is 16.9 Å². The van der Waals surface area contributed by atoms with Gasteiger partial charge in [-0.25, -0.2) is 0 Å². The first kappa shape index (κ1) is 18.2. The number of nitrogens with two attached hydrogens (primary N) is 1. The molecule has 0 saturated heterocycles. The van der Waals surface area contributed by atoms with Crippen LogP contribution in [0.2, 0.25) is 0 Å². The molecule has 0 amide bonds. The molecule has 22 heavy (non-hydrogen) atoms. The Morgan fingerprint density at radius 3 is 2.50 bits per heavy atom. The normalized spacial score (nSPS) is 13.3. The predicted octanol–water partition coefficient (Wildman–Crippen LogP) is 2.18. The van der Waals surface area contributed by atoms with Crippen molar-refractivity contribution < 1.29 is 19.1 Å². The topological polar surface area (TPSA) is 78.6 Å². The summed E-state index contributed by atoms with van der Waals surface area (Å²) in [6.07, 6.45) is 1.77. The van der Waals surface area contributed by atoms with Crippen molar-refractivity contribution in [2.45, 2.75) is 45.1 Å². The summed E-state index contributed by atoms with van der Waals surface area (Å²) in [6, 6.07) is 5.72. The lowest BCUT2D eigenvalue weighted by Crippen LogP contribution is -2.45. The smallest absolute Gasteiger partial charge is 0.325 e. The Labute approximate surface area is 131 Å². The van der Waals surface area contributed by atoms with Gasteiger partial charge >= 0.3 is 5.97 Å². The van der Waals surface area contributed by atoms with E-state index in [1.807, 2.05) is 25.1 Å². The van der Waals surface area contributed by atoms with E-state index in [1.54, 1.807) is 14.0 Å². The van der Waals surface area contributed by atoms with Crippen LogP contribution in [0.1, 0.15) is 37.3 Å². The number of carbonyl (C=O) groups is 2. The fourth-order valence-electron chi connectivity index (χ4n) is 2.35. The third-order valence-electron chi connectivity index (χ3n) is 3.66. The number of aryl methyl sites for hydroxylation is 1. The fourth-order valence-corrected chi connectivity index (χ4v) is 2.35. The van der Waals surface area contributed by atoms with Crippen LogP contribution in [0.5, 0.6) is 5.75 Å². The van der Waals surface area contributed by atoms with Crippen molar-refractivity contribution in [1.29, 1.82) is 0 Å². The van der Waals surface area contributed by atoms with E-state index in [0.29, 0.717) is 25.7 Å². The summed E-state index contributed by atoms with van der Waals surface area (Å²) in [6.45, 7) is 3.57. The molecular formula is C17H25NO4. The standard InChI is InChI=1S/C17H25NO4/c1-12-10-13(7-8-15(12)21-3)11-14(19)6-5-9-17(2,18)16(20)22-4/h7-8,10H,5-6,9,11,18H2,1-4H3. The van der Waals surface area contributed by atoms with Crippen LogP contribution in [0.4, 0.5) is 0 Å². The summed E-state index contributed by atoms with van der Waals surface area (Å²) in [7, 11) is 2.93. The van der Waals surface area contributed by atoms with Gasteiger partial charge in [-0.05, 0) is 43.9 Å². The minimum atomic E-state index is -1.04. The van der Waals surface area contributed by atoms with Crippen LogP contribution >= 0.6 is 0 Å². The number of esters is 1. The maximum Gasteiger partial charge on any atom is 0.325 e. The third-order valence-corrected chi connectivity index (χ3v) is 3.66. The van der Waals surface area contributed by atoms with E-state index in [1.165, 1.54) is 7.11 Å². The molecule has 5 heteroatoms. The van der Waals surface area contributed by atoms with E-state index in [2.05, 4.69) is 4.74 Å². The van der Waals surface area contributed by atoms with Crippen molar-refractivity contribution >= 4 is 11.8 Å². The zero-order chi connectivity index (χ0) is 16.8. The monoisotopic (exact) mass is 307 g/mol. The Bertz CT molecular complexity index is 537. The highest BCUT2D eigenvalue weighted by Crippen LogP contribution is 2.19. The van der Waals surface area contributed by atoms with Crippen LogP contribution in [0.25, 0.3) is 0 Å². The van der Waals surface area contributed by atoms with Gasteiger partial charge in [0.05, 0.1) is 14.2 Å². The Hall–Kier alpha value is -1.88. The van der Waals surface area contributed by atoms with Crippen molar-refractivity contribution in [2.75, 3.05) is 14.2 Å². The molecule has 0 fully saturated rings. The highest BCUT2D eigenvalue weighted by Gasteiger charge is 2.28. The number of hydrogen-bond acceptors (Lipinski definition) is 5. The average molecular weight is 307 g/mol. The largest absolute Gasteiger partial charge is 0.496 e. The van der Waals surface area contributed by atoms with Gasteiger partial charge in [-0.1, -0.05) is 12.1 Å². The average Bonchev–Trinajstić information content (AvgIpc) is 2.46. The van der Waals surface area contributed by atoms with Gasteiger partial charge in [-0.15, -0.1) is 0 Å². The quantitative estimate of drug-likeness (QED) is 0.745. The van der Waals surface area contributed by atoms with E-state index >= 15 is 0 Å². The van der Waals surface area contributed by atoms with Crippen LogP contribution < -0.4 is 10.5 Å². The van der Waals surface area contributed by atoms with Crippen LogP contribution in [0.15, 0.2) is 18.2 Å². The second-order valence-corrected chi connectivity index (χ2v) is 5.78. The number of hydrogen-bond donors (Lipinski definition) is 1. The highest BCUT2D eigenvalue weighted by molar-refractivity contribution is 5.82. The molecule has 0 aliphatic rings. The molecular weight excluding hydrogens is 282 g/mol. The molecule has 1 aromatic carbocycles. The number of methoxy groups -OCH3 is 2. The summed E-state index contributed by atoms with van der Waals surface area (Å²) < 4.78 is 9.84. The molecule has 0 spiro atoms. The van der Waals surface area contributed by atoms with Crippen molar-refractivity contribution in [3.63, 3.8) is 0 Å². The Morgan fingerprint density at radius 1 is 1.27 bits per heavy atom. The van der Waals surface area contributed by atoms with Gasteiger partial charge in [-0.3, -0.25) is 9.59 Å². The van der Waals surface area contributed by atoms with Gasteiger partial charge in [0.1, 0.15) is 17.1 Å². The maximum atomic E-state index is 12.0. The van der Waals surface area contributed by atoms with Gasteiger partial charge in [0.15, 0.2) is 0 Å². The molecule has 0 aromatic heterocycles. The Kier molecular flexibility index (Phi) is 6.56. The number of rotatable bonds is 8. The molecule has 1 rings (SSSR count). The van der Waals surface area contributed by atoms with Crippen molar-refractivity contribution in [3.8, 4) is 5.75 Å². The number of ether oxygens (including phenoxy) is 2. The molecule has 0 aliphatic heterocycles. The van der Waals surface area contributed by atoms with E-state index in [9.17, 15) is 9.59 Å². The van der Waals surface area contributed by atoms with E-state index in [4.69, 9.17) is 10.5 Å². The Balaban J connectivity index is 2.47. The molecule has 1 atom stereocenters. The van der Waals surface area contributed by atoms with Gasteiger partial charge < -0.3 is 15.2 Å². The zero-order valence-electron chi connectivity index (χ0n) is 13.8. The minimum Gasteiger partial charge on any atom is -0.496 e. The first-order valence-corrected chi connectivity index (χ1v) is 7.32. The molecule has 0 heterocycles.